The molecule has 0 atom stereocenters. The summed E-state index contributed by atoms with van der Waals surface area (Å²) in [7, 11) is 1.58. The maximum Gasteiger partial charge on any atom is 0.251 e. The minimum atomic E-state index is -1.52. The van der Waals surface area contributed by atoms with Crippen LogP contribution in [-0.4, -0.2) is 34.5 Å². The molecule has 9 heteroatoms. The van der Waals surface area contributed by atoms with Crippen molar-refractivity contribution in [2.24, 2.45) is 0 Å². The molecule has 0 saturated heterocycles. The van der Waals surface area contributed by atoms with Crippen molar-refractivity contribution in [3.8, 4) is 11.3 Å². The number of nitrogens with one attached hydrogen (secondary N) is 2. The van der Waals surface area contributed by atoms with Crippen LogP contribution in [0.4, 0.5) is 19.0 Å². The van der Waals surface area contributed by atoms with Crippen molar-refractivity contribution in [3.63, 3.8) is 0 Å². The number of carbonyl (C=O) groups is 1. The Morgan fingerprint density at radius 2 is 1.78 bits per heavy atom. The molecule has 0 unspecified atom stereocenters. The van der Waals surface area contributed by atoms with Crippen molar-refractivity contribution >= 4 is 22.6 Å². The Labute approximate surface area is 181 Å². The molecule has 0 spiro atoms. The van der Waals surface area contributed by atoms with Crippen LogP contribution in [0, 0.1) is 17.5 Å². The van der Waals surface area contributed by atoms with Crippen LogP contribution in [0.1, 0.15) is 15.9 Å². The lowest BCUT2D eigenvalue weighted by Gasteiger charge is -2.10. The quantitative estimate of drug-likeness (QED) is 0.444. The predicted molar refractivity (Wildman–Crippen MR) is 115 cm³/mol. The Bertz CT molecular complexity index is 1290. The van der Waals surface area contributed by atoms with Gasteiger partial charge in [-0.2, -0.15) is 0 Å². The predicted octanol–water partition coefficient (Wildman–Crippen LogP) is 4.12. The zero-order valence-electron chi connectivity index (χ0n) is 17.0. The highest BCUT2D eigenvalue weighted by Crippen LogP contribution is 2.24. The number of hydrogen-bond donors (Lipinski definition) is 2. The van der Waals surface area contributed by atoms with Gasteiger partial charge in [0.1, 0.15) is 12.1 Å². The summed E-state index contributed by atoms with van der Waals surface area (Å²) in [5.41, 5.74) is 2.58. The zero-order valence-corrected chi connectivity index (χ0v) is 17.0. The van der Waals surface area contributed by atoms with Gasteiger partial charge in [0.05, 0.1) is 16.8 Å². The molecule has 0 aliphatic rings. The fraction of sp³-hybridized carbons (Fsp3) is 0.130. The number of rotatable bonds is 6. The number of anilines is 1. The molecule has 0 aliphatic carbocycles. The molecule has 1 amide bonds. The molecule has 6 nitrogen and oxygen atoms in total. The molecule has 0 radical (unpaired) electrons. The van der Waals surface area contributed by atoms with Gasteiger partial charge in [-0.05, 0) is 30.2 Å². The van der Waals surface area contributed by atoms with Gasteiger partial charge in [0.2, 0.25) is 0 Å². The first-order valence-corrected chi connectivity index (χ1v) is 9.77. The molecule has 2 aromatic carbocycles. The molecule has 32 heavy (non-hydrogen) atoms. The first-order valence-electron chi connectivity index (χ1n) is 9.77. The minimum Gasteiger partial charge on any atom is -0.370 e. The number of para-hydroxylation sites is 1. The second kappa shape index (κ2) is 9.01. The highest BCUT2D eigenvalue weighted by molar-refractivity contribution is 6.06. The number of carbonyl (C=O) groups excluding carboxylic acids is 1. The Balaban J connectivity index is 1.52. The van der Waals surface area contributed by atoms with Crippen LogP contribution < -0.4 is 10.6 Å². The summed E-state index contributed by atoms with van der Waals surface area (Å²) in [5, 5.41) is 6.52. The van der Waals surface area contributed by atoms with Crippen LogP contribution in [0.2, 0.25) is 0 Å². The highest BCUT2D eigenvalue weighted by Gasteiger charge is 2.14. The van der Waals surface area contributed by atoms with E-state index in [0.717, 1.165) is 28.6 Å². The maximum atomic E-state index is 13.5. The fourth-order valence-corrected chi connectivity index (χ4v) is 3.41. The third kappa shape index (κ3) is 4.22. The summed E-state index contributed by atoms with van der Waals surface area (Å²) in [6.45, 7) is 0.480. The van der Waals surface area contributed by atoms with E-state index in [1.165, 1.54) is 12.4 Å². The Morgan fingerprint density at radius 1 is 1.00 bits per heavy atom. The molecular formula is C23H18F3N5O. The average molecular weight is 437 g/mol. The second-order valence-corrected chi connectivity index (χ2v) is 6.97. The fourth-order valence-electron chi connectivity index (χ4n) is 3.41. The van der Waals surface area contributed by atoms with Crippen molar-refractivity contribution < 1.29 is 18.0 Å². The normalized spacial score (nSPS) is 10.9. The van der Waals surface area contributed by atoms with Crippen molar-refractivity contribution in [2.45, 2.75) is 6.42 Å². The smallest absolute Gasteiger partial charge is 0.251 e. The number of aromatic nitrogens is 3. The van der Waals surface area contributed by atoms with E-state index in [1.807, 2.05) is 18.2 Å². The molecule has 0 saturated carbocycles. The number of pyridine rings is 1. The molecular weight excluding hydrogens is 419 g/mol. The highest BCUT2D eigenvalue weighted by atomic mass is 19.2. The van der Waals surface area contributed by atoms with Crippen molar-refractivity contribution in [2.75, 3.05) is 18.9 Å². The molecule has 162 valence electrons. The van der Waals surface area contributed by atoms with E-state index in [-0.39, 0.29) is 17.2 Å². The molecule has 0 fully saturated rings. The zero-order chi connectivity index (χ0) is 22.7. The monoisotopic (exact) mass is 437 g/mol. The summed E-state index contributed by atoms with van der Waals surface area (Å²) in [4.78, 5) is 24.7. The summed E-state index contributed by atoms with van der Waals surface area (Å²) in [6, 6.07) is 10.6. The van der Waals surface area contributed by atoms with E-state index >= 15 is 0 Å². The lowest BCUT2D eigenvalue weighted by atomic mass is 10.0. The van der Waals surface area contributed by atoms with Crippen LogP contribution in [-0.2, 0) is 6.42 Å². The maximum absolute atomic E-state index is 13.5. The summed E-state index contributed by atoms with van der Waals surface area (Å²) in [5.74, 6) is -3.83. The minimum absolute atomic E-state index is 0.104. The lowest BCUT2D eigenvalue weighted by molar-refractivity contribution is 0.0964. The van der Waals surface area contributed by atoms with Gasteiger partial charge in [0.15, 0.2) is 17.5 Å². The second-order valence-electron chi connectivity index (χ2n) is 6.97. The molecule has 2 heterocycles. The van der Waals surface area contributed by atoms with Gasteiger partial charge in [0, 0.05) is 36.8 Å². The number of nitrogens with zero attached hydrogens (tertiary/aromatic N) is 3. The van der Waals surface area contributed by atoms with Gasteiger partial charge in [0.25, 0.3) is 5.91 Å². The van der Waals surface area contributed by atoms with Gasteiger partial charge in [-0.15, -0.1) is 0 Å². The largest absolute Gasteiger partial charge is 0.370 e. The van der Waals surface area contributed by atoms with E-state index in [4.69, 9.17) is 0 Å². The van der Waals surface area contributed by atoms with Crippen LogP contribution >= 0.6 is 0 Å². The van der Waals surface area contributed by atoms with E-state index in [1.54, 1.807) is 19.3 Å². The summed E-state index contributed by atoms with van der Waals surface area (Å²) in [6.07, 6.45) is 3.44. The molecule has 2 aromatic heterocycles. The summed E-state index contributed by atoms with van der Waals surface area (Å²) >= 11 is 0. The SMILES string of the molecule is CNC(=O)c1ccnc2c(CCNc3cc(-c4cc(F)c(F)c(F)c4)ncn3)cccc12. The van der Waals surface area contributed by atoms with Gasteiger partial charge in [-0.25, -0.2) is 23.1 Å². The third-order valence-corrected chi connectivity index (χ3v) is 4.97. The molecule has 4 rings (SSSR count). The van der Waals surface area contributed by atoms with Crippen molar-refractivity contribution in [3.05, 3.63) is 83.6 Å². The van der Waals surface area contributed by atoms with E-state index in [2.05, 4.69) is 25.6 Å². The lowest BCUT2D eigenvalue weighted by Crippen LogP contribution is -2.18. The molecule has 0 aliphatic heterocycles. The molecule has 2 N–H and O–H groups in total. The summed E-state index contributed by atoms with van der Waals surface area (Å²) < 4.78 is 40.3. The van der Waals surface area contributed by atoms with E-state index in [9.17, 15) is 18.0 Å². The van der Waals surface area contributed by atoms with Gasteiger partial charge >= 0.3 is 0 Å². The van der Waals surface area contributed by atoms with Gasteiger partial charge < -0.3 is 10.6 Å². The van der Waals surface area contributed by atoms with Crippen molar-refractivity contribution in [1.29, 1.82) is 0 Å². The van der Waals surface area contributed by atoms with Crippen LogP contribution in [0.25, 0.3) is 22.2 Å². The average Bonchev–Trinajstić information content (AvgIpc) is 2.81. The number of fused-ring (bicyclic) bond motifs is 1. The standard InChI is InChI=1S/C23H18F3N5O/c1-27-23(32)16-6-8-29-22-13(3-2-4-15(16)22)5-7-28-20-11-19(30-12-31-20)14-9-17(24)21(26)18(25)10-14/h2-4,6,8-12H,5,7H2,1H3,(H,27,32)(H,28,30,31). The van der Waals surface area contributed by atoms with Crippen molar-refractivity contribution in [1.82, 2.24) is 20.3 Å². The van der Waals surface area contributed by atoms with Gasteiger partial charge in [-0.1, -0.05) is 18.2 Å². The Morgan fingerprint density at radius 3 is 2.53 bits per heavy atom. The first kappa shape index (κ1) is 21.2. The number of hydrogen-bond acceptors (Lipinski definition) is 5. The number of benzene rings is 2. The van der Waals surface area contributed by atoms with Crippen LogP contribution in [0.15, 0.2) is 55.0 Å². The third-order valence-electron chi connectivity index (χ3n) is 4.97. The van der Waals surface area contributed by atoms with Crippen LogP contribution in [0.3, 0.4) is 0 Å². The van der Waals surface area contributed by atoms with E-state index in [0.29, 0.717) is 24.3 Å². The van der Waals surface area contributed by atoms with E-state index < -0.39 is 17.5 Å². The number of amides is 1. The Kier molecular flexibility index (Phi) is 5.98. The molecule has 4 aromatic rings. The van der Waals surface area contributed by atoms with Crippen LogP contribution in [0.5, 0.6) is 0 Å². The molecule has 0 bridgehead atoms. The topological polar surface area (TPSA) is 79.8 Å². The first-order chi connectivity index (χ1) is 15.5. The Hall–Kier alpha value is -4.01. The van der Waals surface area contributed by atoms with Gasteiger partial charge in [-0.3, -0.25) is 9.78 Å². The number of halogens is 3.